The number of aromatic nitrogens is 1. The van der Waals surface area contributed by atoms with Gasteiger partial charge in [0.1, 0.15) is 5.82 Å². The van der Waals surface area contributed by atoms with E-state index in [1.165, 1.54) is 5.56 Å². The van der Waals surface area contributed by atoms with Crippen molar-refractivity contribution in [3.63, 3.8) is 0 Å². The quantitative estimate of drug-likeness (QED) is 0.804. The van der Waals surface area contributed by atoms with Crippen LogP contribution < -0.4 is 5.73 Å². The molecule has 0 aromatic carbocycles. The Kier molecular flexibility index (Phi) is 2.73. The second-order valence-electron chi connectivity index (χ2n) is 3.18. The lowest BCUT2D eigenvalue weighted by Gasteiger charge is -2.10. The zero-order valence-corrected chi connectivity index (χ0v) is 9.14. The number of nitrogen functional groups attached to an aromatic ring is 1. The van der Waals surface area contributed by atoms with Crippen LogP contribution in [0.1, 0.15) is 31.0 Å². The number of aryl methyl sites for hydroxylation is 1. The molecule has 0 amide bonds. The van der Waals surface area contributed by atoms with Crippen molar-refractivity contribution < 1.29 is 0 Å². The van der Waals surface area contributed by atoms with Crippen LogP contribution in [0.4, 0.5) is 5.82 Å². The molecule has 2 N–H and O–H groups in total. The second kappa shape index (κ2) is 3.44. The molecule has 0 bridgehead atoms. The number of rotatable bonds is 1. The van der Waals surface area contributed by atoms with Crippen LogP contribution in [0.3, 0.4) is 0 Å². The van der Waals surface area contributed by atoms with Crippen LogP contribution in [-0.4, -0.2) is 4.98 Å². The van der Waals surface area contributed by atoms with E-state index in [0.717, 1.165) is 10.2 Å². The summed E-state index contributed by atoms with van der Waals surface area (Å²) in [4.78, 5) is 4.23. The first-order valence-corrected chi connectivity index (χ1v) is 4.74. The lowest BCUT2D eigenvalue weighted by molar-refractivity contribution is 0.842. The van der Waals surface area contributed by atoms with E-state index in [1.54, 1.807) is 0 Å². The predicted molar refractivity (Wildman–Crippen MR) is 55.2 cm³/mol. The average Bonchev–Trinajstić information content (AvgIpc) is 1.96. The van der Waals surface area contributed by atoms with Gasteiger partial charge >= 0.3 is 0 Å². The van der Waals surface area contributed by atoms with Gasteiger partial charge in [-0.15, -0.1) is 0 Å². The van der Waals surface area contributed by atoms with E-state index in [4.69, 9.17) is 5.73 Å². The Morgan fingerprint density at radius 2 is 2.08 bits per heavy atom. The van der Waals surface area contributed by atoms with Crippen LogP contribution in [-0.2, 0) is 0 Å². The molecule has 0 spiro atoms. The molecule has 0 aliphatic rings. The van der Waals surface area contributed by atoms with Crippen LogP contribution in [0, 0.1) is 6.92 Å². The maximum Gasteiger partial charge on any atom is 0.138 e. The molecule has 1 heterocycles. The van der Waals surface area contributed by atoms with Crippen molar-refractivity contribution in [2.45, 2.75) is 26.7 Å². The van der Waals surface area contributed by atoms with Gasteiger partial charge in [0.25, 0.3) is 0 Å². The van der Waals surface area contributed by atoms with Crippen molar-refractivity contribution in [3.8, 4) is 0 Å². The number of pyridine rings is 1. The number of anilines is 1. The Hall–Kier alpha value is -0.570. The van der Waals surface area contributed by atoms with Gasteiger partial charge in [-0.05, 0) is 40.4 Å². The molecule has 0 saturated carbocycles. The minimum absolute atomic E-state index is 0.495. The minimum atomic E-state index is 0.495. The molecular formula is C9H13BrN2. The first-order chi connectivity index (χ1) is 5.52. The molecule has 0 aliphatic heterocycles. The third-order valence-electron chi connectivity index (χ3n) is 1.85. The molecule has 12 heavy (non-hydrogen) atoms. The molecule has 0 atom stereocenters. The van der Waals surface area contributed by atoms with Crippen LogP contribution in [0.5, 0.6) is 0 Å². The summed E-state index contributed by atoms with van der Waals surface area (Å²) in [5, 5.41) is 0. The fraction of sp³-hybridized carbons (Fsp3) is 0.444. The molecule has 0 saturated heterocycles. The first kappa shape index (κ1) is 9.52. The van der Waals surface area contributed by atoms with E-state index >= 15 is 0 Å². The van der Waals surface area contributed by atoms with Crippen LogP contribution in [0.2, 0.25) is 0 Å². The largest absolute Gasteiger partial charge is 0.383 e. The SMILES string of the molecule is Cc1nc(N)c(Br)cc1C(C)C. The lowest BCUT2D eigenvalue weighted by Crippen LogP contribution is -2.00. The molecule has 1 aromatic heterocycles. The maximum absolute atomic E-state index is 5.63. The van der Waals surface area contributed by atoms with Crippen molar-refractivity contribution in [1.82, 2.24) is 4.98 Å². The van der Waals surface area contributed by atoms with Gasteiger partial charge in [-0.2, -0.15) is 0 Å². The fourth-order valence-corrected chi connectivity index (χ4v) is 1.53. The van der Waals surface area contributed by atoms with Crippen molar-refractivity contribution in [1.29, 1.82) is 0 Å². The van der Waals surface area contributed by atoms with Crippen molar-refractivity contribution >= 4 is 21.7 Å². The monoisotopic (exact) mass is 228 g/mol. The summed E-state index contributed by atoms with van der Waals surface area (Å²) in [5.74, 6) is 1.06. The molecule has 0 unspecified atom stereocenters. The fourth-order valence-electron chi connectivity index (χ4n) is 1.20. The van der Waals surface area contributed by atoms with Crippen molar-refractivity contribution in [2.75, 3.05) is 5.73 Å². The van der Waals surface area contributed by atoms with E-state index in [2.05, 4.69) is 34.8 Å². The molecule has 0 aliphatic carbocycles. The highest BCUT2D eigenvalue weighted by Crippen LogP contribution is 2.25. The molecule has 2 nitrogen and oxygen atoms in total. The molecule has 0 fully saturated rings. The highest BCUT2D eigenvalue weighted by Gasteiger charge is 2.07. The maximum atomic E-state index is 5.63. The Morgan fingerprint density at radius 1 is 1.50 bits per heavy atom. The topological polar surface area (TPSA) is 38.9 Å². The van der Waals surface area contributed by atoms with Gasteiger partial charge in [0.2, 0.25) is 0 Å². The zero-order chi connectivity index (χ0) is 9.30. The molecule has 0 radical (unpaired) electrons. The van der Waals surface area contributed by atoms with Crippen LogP contribution in [0.15, 0.2) is 10.5 Å². The molecule has 1 rings (SSSR count). The van der Waals surface area contributed by atoms with Gasteiger partial charge < -0.3 is 5.73 Å². The third kappa shape index (κ3) is 1.78. The Balaban J connectivity index is 3.23. The summed E-state index contributed by atoms with van der Waals surface area (Å²) in [6, 6.07) is 2.04. The number of nitrogens with zero attached hydrogens (tertiary/aromatic N) is 1. The molecule has 66 valence electrons. The van der Waals surface area contributed by atoms with Gasteiger partial charge in [-0.25, -0.2) is 4.98 Å². The Labute approximate surface area is 81.3 Å². The summed E-state index contributed by atoms with van der Waals surface area (Å²) >= 11 is 3.36. The van der Waals surface area contributed by atoms with Crippen LogP contribution >= 0.6 is 15.9 Å². The number of nitrogens with two attached hydrogens (primary N) is 1. The van der Waals surface area contributed by atoms with Crippen molar-refractivity contribution in [2.24, 2.45) is 0 Å². The molecular weight excluding hydrogens is 216 g/mol. The van der Waals surface area contributed by atoms with Gasteiger partial charge in [-0.3, -0.25) is 0 Å². The van der Waals surface area contributed by atoms with Crippen molar-refractivity contribution in [3.05, 3.63) is 21.8 Å². The Bertz CT molecular complexity index is 295. The smallest absolute Gasteiger partial charge is 0.138 e. The summed E-state index contributed by atoms with van der Waals surface area (Å²) < 4.78 is 0.886. The van der Waals surface area contributed by atoms with Gasteiger partial charge in [0.05, 0.1) is 4.47 Å². The second-order valence-corrected chi connectivity index (χ2v) is 4.04. The highest BCUT2D eigenvalue weighted by atomic mass is 79.9. The van der Waals surface area contributed by atoms with Gasteiger partial charge in [-0.1, -0.05) is 13.8 Å². The normalized spacial score (nSPS) is 10.8. The average molecular weight is 229 g/mol. The molecule has 1 aromatic rings. The number of hydrogen-bond donors (Lipinski definition) is 1. The minimum Gasteiger partial charge on any atom is -0.383 e. The predicted octanol–water partition coefficient (Wildman–Crippen LogP) is 2.86. The molecule has 3 heteroatoms. The Morgan fingerprint density at radius 3 is 2.58 bits per heavy atom. The van der Waals surface area contributed by atoms with E-state index in [-0.39, 0.29) is 0 Å². The van der Waals surface area contributed by atoms with Gasteiger partial charge in [0, 0.05) is 5.69 Å². The highest BCUT2D eigenvalue weighted by molar-refractivity contribution is 9.10. The summed E-state index contributed by atoms with van der Waals surface area (Å²) in [7, 11) is 0. The van der Waals surface area contributed by atoms with E-state index in [0.29, 0.717) is 11.7 Å². The summed E-state index contributed by atoms with van der Waals surface area (Å²) in [5.41, 5.74) is 7.90. The number of hydrogen-bond acceptors (Lipinski definition) is 2. The standard InChI is InChI=1S/C9H13BrN2/c1-5(2)7-4-8(10)9(11)12-6(7)3/h4-5H,1-3H3,(H2,11,12). The van der Waals surface area contributed by atoms with Gasteiger partial charge in [0.15, 0.2) is 0 Å². The lowest BCUT2D eigenvalue weighted by atomic mass is 10.0. The summed E-state index contributed by atoms with van der Waals surface area (Å²) in [6.07, 6.45) is 0. The zero-order valence-electron chi connectivity index (χ0n) is 7.56. The van der Waals surface area contributed by atoms with E-state index in [1.807, 2.05) is 13.0 Å². The first-order valence-electron chi connectivity index (χ1n) is 3.95. The number of halogens is 1. The van der Waals surface area contributed by atoms with E-state index < -0.39 is 0 Å². The third-order valence-corrected chi connectivity index (χ3v) is 2.49. The summed E-state index contributed by atoms with van der Waals surface area (Å²) in [6.45, 7) is 6.28. The van der Waals surface area contributed by atoms with Crippen LogP contribution in [0.25, 0.3) is 0 Å². The van der Waals surface area contributed by atoms with E-state index in [9.17, 15) is 0 Å².